The Hall–Kier alpha value is -0.870. The lowest BCUT2D eigenvalue weighted by atomic mass is 9.92. The molecule has 144 valence electrons. The van der Waals surface area contributed by atoms with Crippen LogP contribution in [0.15, 0.2) is 28.0 Å². The summed E-state index contributed by atoms with van der Waals surface area (Å²) in [6, 6.07) is 3.91. The van der Waals surface area contributed by atoms with Crippen molar-refractivity contribution in [1.82, 2.24) is 4.31 Å². The lowest BCUT2D eigenvalue weighted by Gasteiger charge is -2.33. The van der Waals surface area contributed by atoms with E-state index in [1.807, 2.05) is 6.92 Å². The van der Waals surface area contributed by atoms with Crippen LogP contribution >= 0.6 is 12.4 Å². The van der Waals surface area contributed by atoms with Crippen molar-refractivity contribution in [2.24, 2.45) is 11.7 Å². The third-order valence-electron chi connectivity index (χ3n) is 4.42. The van der Waals surface area contributed by atoms with Crippen LogP contribution in [0.2, 0.25) is 0 Å². The van der Waals surface area contributed by atoms with Crippen LogP contribution in [-0.2, 0) is 19.9 Å². The van der Waals surface area contributed by atoms with Crippen molar-refractivity contribution >= 4 is 32.3 Å². The monoisotopic (exact) mass is 412 g/mol. The molecule has 0 bridgehead atoms. The number of piperidine rings is 1. The fourth-order valence-corrected chi connectivity index (χ4v) is 5.24. The average Bonchev–Trinajstić information content (AvgIpc) is 2.53. The van der Waals surface area contributed by atoms with Crippen molar-refractivity contribution in [2.45, 2.75) is 35.6 Å². The number of nitrogens with two attached hydrogens (primary N) is 1. The van der Waals surface area contributed by atoms with Crippen molar-refractivity contribution in [2.75, 3.05) is 26.5 Å². The molecule has 1 aromatic carbocycles. The highest BCUT2D eigenvalue weighted by Crippen LogP contribution is 2.32. The summed E-state index contributed by atoms with van der Waals surface area (Å²) in [6.07, 6.45) is 2.41. The second kappa shape index (κ2) is 8.22. The van der Waals surface area contributed by atoms with Gasteiger partial charge in [0.1, 0.15) is 10.6 Å². The number of hydrogen-bond donors (Lipinski definition) is 1. The molecule has 0 aliphatic carbocycles. The number of halogens is 1. The van der Waals surface area contributed by atoms with E-state index in [0.29, 0.717) is 31.8 Å². The van der Waals surface area contributed by atoms with E-state index in [1.54, 1.807) is 0 Å². The Labute approximate surface area is 155 Å². The molecule has 1 saturated heterocycles. The molecule has 2 N–H and O–H groups in total. The summed E-state index contributed by atoms with van der Waals surface area (Å²) in [5.41, 5.74) is 5.89. The fraction of sp³-hybridized carbons (Fsp3) is 0.600. The Balaban J connectivity index is 0.00000312. The molecule has 1 atom stereocenters. The number of sulfonamides is 1. The standard InChI is InChI=1S/C15H24N2O5S2.ClH/c1-11(16)12-6-8-17(9-7-12)24(20,21)15-10-13(23(3,18)19)4-5-14(15)22-2;/h4-5,10-12H,6-9,16H2,1-3H3;1H. The van der Waals surface area contributed by atoms with Gasteiger partial charge in [-0.15, -0.1) is 12.4 Å². The van der Waals surface area contributed by atoms with E-state index in [4.69, 9.17) is 10.5 Å². The van der Waals surface area contributed by atoms with Gasteiger partial charge in [0.05, 0.1) is 12.0 Å². The number of benzene rings is 1. The SMILES string of the molecule is COc1ccc(S(C)(=O)=O)cc1S(=O)(=O)N1CCC(C(C)N)CC1.Cl. The zero-order valence-electron chi connectivity index (χ0n) is 14.5. The normalized spacial score (nSPS) is 18.4. The van der Waals surface area contributed by atoms with Gasteiger partial charge in [0.25, 0.3) is 0 Å². The maximum Gasteiger partial charge on any atom is 0.246 e. The molecule has 1 aliphatic rings. The summed E-state index contributed by atoms with van der Waals surface area (Å²) < 4.78 is 55.9. The predicted molar refractivity (Wildman–Crippen MR) is 98.5 cm³/mol. The molecule has 25 heavy (non-hydrogen) atoms. The minimum Gasteiger partial charge on any atom is -0.495 e. The molecular weight excluding hydrogens is 388 g/mol. The largest absolute Gasteiger partial charge is 0.495 e. The van der Waals surface area contributed by atoms with Gasteiger partial charge in [0.15, 0.2) is 9.84 Å². The van der Waals surface area contributed by atoms with Gasteiger partial charge in [-0.05, 0) is 43.9 Å². The number of sulfone groups is 1. The van der Waals surface area contributed by atoms with Crippen LogP contribution in [0.3, 0.4) is 0 Å². The molecule has 0 spiro atoms. The summed E-state index contributed by atoms with van der Waals surface area (Å²) in [5.74, 6) is 0.428. The molecular formula is C15H25ClN2O5S2. The molecule has 2 rings (SSSR count). The topological polar surface area (TPSA) is 107 Å². The van der Waals surface area contributed by atoms with Gasteiger partial charge >= 0.3 is 0 Å². The van der Waals surface area contributed by atoms with Gasteiger partial charge in [-0.1, -0.05) is 0 Å². The summed E-state index contributed by atoms with van der Waals surface area (Å²) in [4.78, 5) is -0.167. The molecule has 1 fully saturated rings. The van der Waals surface area contributed by atoms with Gasteiger partial charge in [-0.3, -0.25) is 0 Å². The molecule has 0 aromatic heterocycles. The first kappa shape index (κ1) is 22.2. The fourth-order valence-electron chi connectivity index (χ4n) is 2.87. The first-order valence-corrected chi connectivity index (χ1v) is 11.0. The maximum atomic E-state index is 12.9. The van der Waals surface area contributed by atoms with Crippen molar-refractivity contribution in [3.8, 4) is 5.75 Å². The van der Waals surface area contributed by atoms with E-state index < -0.39 is 19.9 Å². The highest BCUT2D eigenvalue weighted by Gasteiger charge is 2.33. The maximum absolute atomic E-state index is 12.9. The summed E-state index contributed by atoms with van der Waals surface area (Å²) in [6.45, 7) is 2.65. The zero-order valence-corrected chi connectivity index (χ0v) is 17.0. The predicted octanol–water partition coefficient (Wildman–Crippen LogP) is 1.27. The molecule has 1 heterocycles. The minimum atomic E-state index is -3.83. The first-order chi connectivity index (χ1) is 11.1. The third kappa shape index (κ3) is 4.85. The summed E-state index contributed by atoms with van der Waals surface area (Å²) in [5, 5.41) is 0. The molecule has 1 aliphatic heterocycles. The van der Waals surface area contributed by atoms with E-state index in [9.17, 15) is 16.8 Å². The minimum absolute atomic E-state index is 0. The summed E-state index contributed by atoms with van der Waals surface area (Å²) >= 11 is 0. The molecule has 1 unspecified atom stereocenters. The van der Waals surface area contributed by atoms with Crippen LogP contribution in [0.4, 0.5) is 0 Å². The van der Waals surface area contributed by atoms with Crippen molar-refractivity contribution < 1.29 is 21.6 Å². The zero-order chi connectivity index (χ0) is 18.1. The molecule has 7 nitrogen and oxygen atoms in total. The Morgan fingerprint density at radius 2 is 1.76 bits per heavy atom. The highest BCUT2D eigenvalue weighted by molar-refractivity contribution is 7.91. The summed E-state index contributed by atoms with van der Waals surface area (Å²) in [7, 11) is -5.99. The van der Waals surface area contributed by atoms with Gasteiger partial charge in [0, 0.05) is 25.4 Å². The van der Waals surface area contributed by atoms with Crippen LogP contribution in [0.1, 0.15) is 19.8 Å². The second-order valence-electron chi connectivity index (χ2n) is 6.19. The van der Waals surface area contributed by atoms with Crippen molar-refractivity contribution in [3.05, 3.63) is 18.2 Å². The van der Waals surface area contributed by atoms with E-state index in [2.05, 4.69) is 0 Å². The molecule has 10 heteroatoms. The lowest BCUT2D eigenvalue weighted by molar-refractivity contribution is 0.250. The van der Waals surface area contributed by atoms with Crippen LogP contribution in [0, 0.1) is 5.92 Å². The number of hydrogen-bond acceptors (Lipinski definition) is 6. The average molecular weight is 413 g/mol. The quantitative estimate of drug-likeness (QED) is 0.780. The second-order valence-corrected chi connectivity index (χ2v) is 10.1. The van der Waals surface area contributed by atoms with Crippen LogP contribution < -0.4 is 10.5 Å². The smallest absolute Gasteiger partial charge is 0.246 e. The Morgan fingerprint density at radius 3 is 2.20 bits per heavy atom. The number of methoxy groups -OCH3 is 1. The van der Waals surface area contributed by atoms with E-state index in [0.717, 1.165) is 6.26 Å². The number of rotatable bonds is 5. The molecule has 0 amide bonds. The van der Waals surface area contributed by atoms with Gasteiger partial charge in [0.2, 0.25) is 10.0 Å². The van der Waals surface area contributed by atoms with Crippen molar-refractivity contribution in [3.63, 3.8) is 0 Å². The van der Waals surface area contributed by atoms with Crippen LogP contribution in [0.25, 0.3) is 0 Å². The van der Waals surface area contributed by atoms with E-state index in [-0.39, 0.29) is 34.0 Å². The Morgan fingerprint density at radius 1 is 1.20 bits per heavy atom. The van der Waals surface area contributed by atoms with Gasteiger partial charge in [-0.25, -0.2) is 16.8 Å². The Kier molecular flexibility index (Phi) is 7.29. The number of nitrogens with zero attached hydrogens (tertiary/aromatic N) is 1. The number of ether oxygens (including phenoxy) is 1. The van der Waals surface area contributed by atoms with Gasteiger partial charge in [-0.2, -0.15) is 4.31 Å². The van der Waals surface area contributed by atoms with Crippen LogP contribution in [0.5, 0.6) is 5.75 Å². The van der Waals surface area contributed by atoms with Gasteiger partial charge < -0.3 is 10.5 Å². The molecule has 0 saturated carbocycles. The third-order valence-corrected chi connectivity index (χ3v) is 7.45. The highest BCUT2D eigenvalue weighted by atomic mass is 35.5. The van der Waals surface area contributed by atoms with Crippen LogP contribution in [-0.4, -0.2) is 53.6 Å². The molecule has 0 radical (unpaired) electrons. The first-order valence-electron chi connectivity index (χ1n) is 7.71. The molecule has 1 aromatic rings. The van der Waals surface area contributed by atoms with E-state index >= 15 is 0 Å². The lowest BCUT2D eigenvalue weighted by Crippen LogP contribution is -2.42. The van der Waals surface area contributed by atoms with Crippen molar-refractivity contribution in [1.29, 1.82) is 0 Å². The Bertz CT molecular complexity index is 801. The van der Waals surface area contributed by atoms with E-state index in [1.165, 1.54) is 29.6 Å².